The maximum absolute atomic E-state index is 13.1. The molecule has 0 radical (unpaired) electrons. The Labute approximate surface area is 173 Å². The Bertz CT molecular complexity index is 1090. The lowest BCUT2D eigenvalue weighted by Crippen LogP contribution is -2.24. The molecule has 0 amide bonds. The highest BCUT2D eigenvalue weighted by molar-refractivity contribution is 6.53. The average molecular weight is 416 g/mol. The fourth-order valence-corrected chi connectivity index (χ4v) is 4.28. The number of rotatable bonds is 5. The van der Waals surface area contributed by atoms with E-state index in [4.69, 9.17) is 27.9 Å². The van der Waals surface area contributed by atoms with Crippen molar-refractivity contribution in [2.24, 2.45) is 12.5 Å². The van der Waals surface area contributed by atoms with E-state index in [0.29, 0.717) is 12.0 Å². The normalized spacial score (nSPS) is 20.1. The Kier molecular flexibility index (Phi) is 4.52. The Morgan fingerprint density at radius 1 is 1.07 bits per heavy atom. The average Bonchev–Trinajstić information content (AvgIpc) is 3.07. The number of Topliss-reactive ketones (excluding diaryl/α,β-unsaturated/α-hetero) is 1. The Hall–Kier alpha value is -2.30. The molecular formula is C22H19Cl2NO3. The molecule has 6 heteroatoms. The van der Waals surface area contributed by atoms with Gasteiger partial charge in [-0.05, 0) is 18.6 Å². The molecule has 1 aliphatic carbocycles. The first-order chi connectivity index (χ1) is 13.3. The summed E-state index contributed by atoms with van der Waals surface area (Å²) in [7, 11) is 1.92. The second-order valence-corrected chi connectivity index (χ2v) is 8.86. The van der Waals surface area contributed by atoms with Crippen LogP contribution in [0.15, 0.2) is 54.6 Å². The van der Waals surface area contributed by atoms with E-state index in [9.17, 15) is 9.59 Å². The summed E-state index contributed by atoms with van der Waals surface area (Å²) in [5, 5.41) is 0.826. The Morgan fingerprint density at radius 2 is 1.68 bits per heavy atom. The van der Waals surface area contributed by atoms with Gasteiger partial charge < -0.3 is 9.30 Å². The van der Waals surface area contributed by atoms with Crippen molar-refractivity contribution >= 4 is 45.9 Å². The van der Waals surface area contributed by atoms with Gasteiger partial charge in [-0.15, -0.1) is 23.2 Å². The van der Waals surface area contributed by atoms with Crippen molar-refractivity contribution in [3.8, 4) is 11.3 Å². The van der Waals surface area contributed by atoms with Crippen molar-refractivity contribution in [2.75, 3.05) is 6.61 Å². The van der Waals surface area contributed by atoms with Crippen LogP contribution in [0.3, 0.4) is 0 Å². The van der Waals surface area contributed by atoms with Gasteiger partial charge in [0.2, 0.25) is 5.78 Å². The van der Waals surface area contributed by atoms with E-state index in [1.807, 2.05) is 66.2 Å². The fourth-order valence-electron chi connectivity index (χ4n) is 3.59. The van der Waals surface area contributed by atoms with Gasteiger partial charge in [-0.3, -0.25) is 9.59 Å². The van der Waals surface area contributed by atoms with Crippen LogP contribution in [0.2, 0.25) is 0 Å². The summed E-state index contributed by atoms with van der Waals surface area (Å²) in [4.78, 5) is 25.5. The summed E-state index contributed by atoms with van der Waals surface area (Å²) >= 11 is 12.1. The van der Waals surface area contributed by atoms with Gasteiger partial charge in [-0.25, -0.2) is 0 Å². The van der Waals surface area contributed by atoms with Crippen molar-refractivity contribution in [3.63, 3.8) is 0 Å². The van der Waals surface area contributed by atoms with E-state index < -0.39 is 15.7 Å². The summed E-state index contributed by atoms with van der Waals surface area (Å²) in [5.41, 5.74) is 2.24. The van der Waals surface area contributed by atoms with E-state index in [-0.39, 0.29) is 12.4 Å². The first kappa shape index (κ1) is 19.0. The quantitative estimate of drug-likeness (QED) is 0.328. The van der Waals surface area contributed by atoms with Gasteiger partial charge >= 0.3 is 5.97 Å². The molecular weight excluding hydrogens is 397 g/mol. The predicted octanol–water partition coefficient (Wildman–Crippen LogP) is 5.16. The van der Waals surface area contributed by atoms with Crippen molar-refractivity contribution in [1.82, 2.24) is 4.57 Å². The van der Waals surface area contributed by atoms with Crippen LogP contribution < -0.4 is 0 Å². The number of para-hydroxylation sites is 1. The molecule has 1 aromatic heterocycles. The molecule has 3 aromatic rings. The van der Waals surface area contributed by atoms with E-state index in [0.717, 1.165) is 22.2 Å². The number of benzene rings is 2. The second kappa shape index (κ2) is 6.64. The number of nitrogens with zero attached hydrogens (tertiary/aromatic N) is 1. The predicted molar refractivity (Wildman–Crippen MR) is 111 cm³/mol. The monoisotopic (exact) mass is 415 g/mol. The first-order valence-corrected chi connectivity index (χ1v) is 9.73. The molecule has 0 bridgehead atoms. The maximum Gasteiger partial charge on any atom is 0.315 e. The minimum absolute atomic E-state index is 0.261. The lowest BCUT2D eigenvalue weighted by Gasteiger charge is -2.12. The van der Waals surface area contributed by atoms with Crippen LogP contribution in [-0.4, -0.2) is 27.3 Å². The summed E-state index contributed by atoms with van der Waals surface area (Å²) in [6.45, 7) is 1.29. The number of esters is 1. The van der Waals surface area contributed by atoms with E-state index in [1.165, 1.54) is 0 Å². The van der Waals surface area contributed by atoms with Gasteiger partial charge in [0, 0.05) is 24.4 Å². The number of fused-ring (bicyclic) bond motifs is 1. The van der Waals surface area contributed by atoms with Gasteiger partial charge in [-0.1, -0.05) is 48.5 Å². The molecule has 0 saturated heterocycles. The molecule has 1 aliphatic rings. The molecule has 144 valence electrons. The van der Waals surface area contributed by atoms with E-state index >= 15 is 0 Å². The smallest absolute Gasteiger partial charge is 0.315 e. The number of alkyl halides is 2. The maximum atomic E-state index is 13.1. The highest BCUT2D eigenvalue weighted by Crippen LogP contribution is 2.64. The third-order valence-corrected chi connectivity index (χ3v) is 6.58. The van der Waals surface area contributed by atoms with Crippen LogP contribution in [0, 0.1) is 5.41 Å². The zero-order chi connectivity index (χ0) is 20.1. The molecule has 1 atom stereocenters. The lowest BCUT2D eigenvalue weighted by molar-refractivity contribution is -0.148. The van der Waals surface area contributed by atoms with Crippen molar-refractivity contribution in [2.45, 2.75) is 17.7 Å². The number of hydrogen-bond donors (Lipinski definition) is 0. The summed E-state index contributed by atoms with van der Waals surface area (Å²) in [6.07, 6.45) is 0.319. The number of carbonyl (C=O) groups is 2. The lowest BCUT2D eigenvalue weighted by atomic mass is 10.0. The van der Waals surface area contributed by atoms with Crippen LogP contribution in [0.25, 0.3) is 22.2 Å². The first-order valence-electron chi connectivity index (χ1n) is 8.97. The molecule has 0 aliphatic heterocycles. The van der Waals surface area contributed by atoms with Crippen LogP contribution in [0.1, 0.15) is 23.7 Å². The minimum atomic E-state index is -1.12. The summed E-state index contributed by atoms with van der Waals surface area (Å²) in [5.74, 6) is -0.810. The van der Waals surface area contributed by atoms with Crippen molar-refractivity contribution < 1.29 is 14.3 Å². The van der Waals surface area contributed by atoms with Gasteiger partial charge in [-0.2, -0.15) is 0 Å². The SMILES string of the molecule is Cn1c(-c2ccccc2)c(C(=O)COC(=O)[C@@]2(C)CC2(Cl)Cl)c2ccccc21. The van der Waals surface area contributed by atoms with Crippen LogP contribution >= 0.6 is 23.2 Å². The number of halogens is 2. The molecule has 4 rings (SSSR count). The molecule has 28 heavy (non-hydrogen) atoms. The topological polar surface area (TPSA) is 48.3 Å². The molecule has 0 unspecified atom stereocenters. The highest BCUT2D eigenvalue weighted by atomic mass is 35.5. The zero-order valence-corrected chi connectivity index (χ0v) is 17.1. The number of hydrogen-bond acceptors (Lipinski definition) is 3. The number of aromatic nitrogens is 1. The van der Waals surface area contributed by atoms with E-state index in [1.54, 1.807) is 6.92 Å². The fraction of sp³-hybridized carbons (Fsp3) is 0.273. The molecule has 2 aromatic carbocycles. The van der Waals surface area contributed by atoms with Gasteiger partial charge in [0.25, 0.3) is 0 Å². The van der Waals surface area contributed by atoms with Crippen molar-refractivity contribution in [3.05, 3.63) is 60.2 Å². The zero-order valence-electron chi connectivity index (χ0n) is 15.5. The number of ether oxygens (including phenoxy) is 1. The minimum Gasteiger partial charge on any atom is -0.457 e. The Morgan fingerprint density at radius 3 is 2.32 bits per heavy atom. The Balaban J connectivity index is 1.70. The summed E-state index contributed by atoms with van der Waals surface area (Å²) in [6, 6.07) is 17.4. The van der Waals surface area contributed by atoms with Crippen LogP contribution in [0.4, 0.5) is 0 Å². The highest BCUT2D eigenvalue weighted by Gasteiger charge is 2.69. The molecule has 0 spiro atoms. The molecule has 0 N–H and O–H groups in total. The number of aryl methyl sites for hydroxylation is 1. The third kappa shape index (κ3) is 2.92. The molecule has 1 heterocycles. The van der Waals surface area contributed by atoms with Crippen LogP contribution in [-0.2, 0) is 16.6 Å². The largest absolute Gasteiger partial charge is 0.457 e. The molecule has 1 saturated carbocycles. The van der Waals surface area contributed by atoms with Gasteiger partial charge in [0.1, 0.15) is 9.75 Å². The number of ketones is 1. The summed E-state index contributed by atoms with van der Waals surface area (Å²) < 4.78 is 6.17. The van der Waals surface area contributed by atoms with Gasteiger partial charge in [0.15, 0.2) is 6.61 Å². The van der Waals surface area contributed by atoms with Crippen LogP contribution in [0.5, 0.6) is 0 Å². The van der Waals surface area contributed by atoms with E-state index in [2.05, 4.69) is 0 Å². The van der Waals surface area contributed by atoms with Crippen molar-refractivity contribution in [1.29, 1.82) is 0 Å². The standard InChI is InChI=1S/C22H19Cl2NO3/c1-21(13-22(21,23)24)20(27)28-12-17(26)18-15-10-6-7-11-16(15)25(2)19(18)14-8-4-3-5-9-14/h3-11H,12-13H2,1-2H3/t21-/m1/s1. The molecule has 4 nitrogen and oxygen atoms in total. The molecule has 1 fully saturated rings. The van der Waals surface area contributed by atoms with Gasteiger partial charge in [0.05, 0.1) is 11.3 Å². The second-order valence-electron chi connectivity index (χ2n) is 7.38. The third-order valence-electron chi connectivity index (χ3n) is 5.48. The number of carbonyl (C=O) groups excluding carboxylic acids is 2.